The van der Waals surface area contributed by atoms with Crippen LogP contribution in [0.3, 0.4) is 0 Å². The van der Waals surface area contributed by atoms with Gasteiger partial charge in [-0.1, -0.05) is 28.1 Å². The van der Waals surface area contributed by atoms with Gasteiger partial charge in [-0.3, -0.25) is 4.99 Å². The number of hydrogen-bond acceptors (Lipinski definition) is 3. The lowest BCUT2D eigenvalue weighted by atomic mass is 10.2. The topological polar surface area (TPSA) is 46.5 Å². The van der Waals surface area contributed by atoms with Crippen LogP contribution in [-0.2, 0) is 9.84 Å². The van der Waals surface area contributed by atoms with E-state index in [-0.39, 0.29) is 0 Å². The summed E-state index contributed by atoms with van der Waals surface area (Å²) in [5.41, 5.74) is 1.70. The minimum Gasteiger partial charge on any atom is -0.256 e. The molecule has 0 fully saturated rings. The van der Waals surface area contributed by atoms with Gasteiger partial charge in [0.05, 0.1) is 10.6 Å². The molecule has 0 amide bonds. The molecule has 0 heterocycles. The van der Waals surface area contributed by atoms with E-state index in [1.54, 1.807) is 30.5 Å². The van der Waals surface area contributed by atoms with Crippen LogP contribution in [0.2, 0.25) is 0 Å². The highest BCUT2D eigenvalue weighted by molar-refractivity contribution is 9.10. The molecule has 2 aromatic rings. The Hall–Kier alpha value is -1.46. The number of rotatable bonds is 3. The van der Waals surface area contributed by atoms with Gasteiger partial charge in [0.25, 0.3) is 0 Å². The summed E-state index contributed by atoms with van der Waals surface area (Å²) in [5, 5.41) is 0. The molecule has 5 heteroatoms. The lowest BCUT2D eigenvalue weighted by Gasteiger charge is -1.98. The van der Waals surface area contributed by atoms with Crippen molar-refractivity contribution in [2.45, 2.75) is 4.90 Å². The van der Waals surface area contributed by atoms with Crippen LogP contribution in [0.4, 0.5) is 5.69 Å². The maximum atomic E-state index is 11.3. The first kappa shape index (κ1) is 14.0. The molecule has 0 bridgehead atoms. The van der Waals surface area contributed by atoms with Crippen molar-refractivity contribution in [2.75, 3.05) is 6.26 Å². The predicted octanol–water partition coefficient (Wildman–Crippen LogP) is 3.60. The van der Waals surface area contributed by atoms with Crippen LogP contribution in [-0.4, -0.2) is 20.9 Å². The van der Waals surface area contributed by atoms with Gasteiger partial charge < -0.3 is 0 Å². The van der Waals surface area contributed by atoms with E-state index in [0.29, 0.717) is 4.90 Å². The summed E-state index contributed by atoms with van der Waals surface area (Å²) in [5.74, 6) is 0. The van der Waals surface area contributed by atoms with E-state index in [1.165, 1.54) is 6.26 Å². The molecule has 0 aliphatic carbocycles. The molecule has 0 saturated carbocycles. The SMILES string of the molecule is CS(=O)(=O)c1ccc(N=Cc2ccc(Br)cc2)cc1. The minimum absolute atomic E-state index is 0.301. The van der Waals surface area contributed by atoms with Gasteiger partial charge >= 0.3 is 0 Å². The molecule has 0 aliphatic heterocycles. The number of halogens is 1. The number of benzene rings is 2. The Morgan fingerprint density at radius 2 is 1.58 bits per heavy atom. The molecule has 98 valence electrons. The third-order valence-corrected chi connectivity index (χ3v) is 4.15. The highest BCUT2D eigenvalue weighted by Gasteiger charge is 2.05. The number of hydrogen-bond donors (Lipinski definition) is 0. The van der Waals surface area contributed by atoms with E-state index >= 15 is 0 Å². The molecule has 19 heavy (non-hydrogen) atoms. The molecule has 0 saturated heterocycles. The normalized spacial score (nSPS) is 11.9. The second-order valence-corrected chi connectivity index (χ2v) is 7.01. The Balaban J connectivity index is 2.18. The maximum Gasteiger partial charge on any atom is 0.175 e. The lowest BCUT2D eigenvalue weighted by Crippen LogP contribution is -1.95. The van der Waals surface area contributed by atoms with Crippen molar-refractivity contribution >= 4 is 37.7 Å². The zero-order chi connectivity index (χ0) is 13.9. The van der Waals surface area contributed by atoms with Crippen molar-refractivity contribution in [1.82, 2.24) is 0 Å². The Morgan fingerprint density at radius 1 is 1.00 bits per heavy atom. The highest BCUT2D eigenvalue weighted by Crippen LogP contribution is 2.16. The van der Waals surface area contributed by atoms with Crippen LogP contribution in [0.1, 0.15) is 5.56 Å². The standard InChI is InChI=1S/C14H12BrNO2S/c1-19(17,18)14-8-6-13(7-9-14)16-10-11-2-4-12(15)5-3-11/h2-10H,1H3. The Kier molecular flexibility index (Phi) is 4.17. The van der Waals surface area contributed by atoms with Crippen LogP contribution < -0.4 is 0 Å². The molecule has 3 nitrogen and oxygen atoms in total. The molecule has 0 radical (unpaired) electrons. The van der Waals surface area contributed by atoms with Gasteiger partial charge in [0.1, 0.15) is 0 Å². The Labute approximate surface area is 121 Å². The molecule has 0 atom stereocenters. The van der Waals surface area contributed by atoms with Crippen molar-refractivity contribution in [3.8, 4) is 0 Å². The van der Waals surface area contributed by atoms with E-state index in [2.05, 4.69) is 20.9 Å². The van der Waals surface area contributed by atoms with E-state index in [1.807, 2.05) is 24.3 Å². The summed E-state index contributed by atoms with van der Waals surface area (Å²) in [6.07, 6.45) is 2.93. The largest absolute Gasteiger partial charge is 0.256 e. The minimum atomic E-state index is -3.15. The molecular formula is C14H12BrNO2S. The van der Waals surface area contributed by atoms with Crippen molar-refractivity contribution in [3.05, 3.63) is 58.6 Å². The smallest absolute Gasteiger partial charge is 0.175 e. The summed E-state index contributed by atoms with van der Waals surface area (Å²) < 4.78 is 23.6. The summed E-state index contributed by atoms with van der Waals surface area (Å²) in [6.45, 7) is 0. The van der Waals surface area contributed by atoms with Crippen LogP contribution >= 0.6 is 15.9 Å². The first-order valence-electron chi connectivity index (χ1n) is 5.55. The van der Waals surface area contributed by atoms with Crippen LogP contribution in [0.25, 0.3) is 0 Å². The van der Waals surface area contributed by atoms with Crippen molar-refractivity contribution in [3.63, 3.8) is 0 Å². The second-order valence-electron chi connectivity index (χ2n) is 4.08. The Bertz CT molecular complexity index is 689. The van der Waals surface area contributed by atoms with E-state index in [4.69, 9.17) is 0 Å². The fourth-order valence-electron chi connectivity index (χ4n) is 1.48. The predicted molar refractivity (Wildman–Crippen MR) is 80.9 cm³/mol. The van der Waals surface area contributed by atoms with E-state index in [9.17, 15) is 8.42 Å². The van der Waals surface area contributed by atoms with Crippen molar-refractivity contribution < 1.29 is 8.42 Å². The van der Waals surface area contributed by atoms with Crippen molar-refractivity contribution in [1.29, 1.82) is 0 Å². The van der Waals surface area contributed by atoms with Gasteiger partial charge in [-0.25, -0.2) is 8.42 Å². The first-order chi connectivity index (χ1) is 8.95. The second kappa shape index (κ2) is 5.67. The molecule has 2 aromatic carbocycles. The molecule has 0 N–H and O–H groups in total. The number of aliphatic imine (C=N–C) groups is 1. The summed E-state index contributed by atoms with van der Waals surface area (Å²) in [7, 11) is -3.15. The molecular weight excluding hydrogens is 326 g/mol. The van der Waals surface area contributed by atoms with Gasteiger partial charge in [0.2, 0.25) is 0 Å². The molecule has 0 spiro atoms. The van der Waals surface area contributed by atoms with E-state index in [0.717, 1.165) is 15.7 Å². The zero-order valence-corrected chi connectivity index (χ0v) is 12.6. The number of sulfone groups is 1. The fraction of sp³-hybridized carbons (Fsp3) is 0.0714. The average Bonchev–Trinajstić information content (AvgIpc) is 2.37. The summed E-state index contributed by atoms with van der Waals surface area (Å²) in [4.78, 5) is 4.60. The van der Waals surface area contributed by atoms with E-state index < -0.39 is 9.84 Å². The van der Waals surface area contributed by atoms with Crippen molar-refractivity contribution in [2.24, 2.45) is 4.99 Å². The third-order valence-electron chi connectivity index (χ3n) is 2.50. The van der Waals surface area contributed by atoms with Gasteiger partial charge in [0.15, 0.2) is 9.84 Å². The first-order valence-corrected chi connectivity index (χ1v) is 8.23. The van der Waals surface area contributed by atoms with Crippen LogP contribution in [0.15, 0.2) is 62.9 Å². The zero-order valence-electron chi connectivity index (χ0n) is 10.2. The average molecular weight is 338 g/mol. The molecule has 0 unspecified atom stereocenters. The number of nitrogens with zero attached hydrogens (tertiary/aromatic N) is 1. The lowest BCUT2D eigenvalue weighted by molar-refractivity contribution is 0.602. The van der Waals surface area contributed by atoms with Gasteiger partial charge in [-0.05, 0) is 42.0 Å². The van der Waals surface area contributed by atoms with Gasteiger partial charge in [0, 0.05) is 16.9 Å². The van der Waals surface area contributed by atoms with Crippen LogP contribution in [0.5, 0.6) is 0 Å². The monoisotopic (exact) mass is 337 g/mol. The van der Waals surface area contributed by atoms with Gasteiger partial charge in [-0.15, -0.1) is 0 Å². The Morgan fingerprint density at radius 3 is 2.11 bits per heavy atom. The van der Waals surface area contributed by atoms with Crippen LogP contribution in [0, 0.1) is 0 Å². The molecule has 0 aliphatic rings. The molecule has 2 rings (SSSR count). The highest BCUT2D eigenvalue weighted by atomic mass is 79.9. The van der Waals surface area contributed by atoms with Gasteiger partial charge in [-0.2, -0.15) is 0 Å². The fourth-order valence-corrected chi connectivity index (χ4v) is 2.37. The maximum absolute atomic E-state index is 11.3. The summed E-state index contributed by atoms with van der Waals surface area (Å²) >= 11 is 3.37. The summed E-state index contributed by atoms with van der Waals surface area (Å²) in [6, 6.07) is 14.3. The quantitative estimate of drug-likeness (QED) is 0.803. The molecule has 0 aromatic heterocycles. The third kappa shape index (κ3) is 4.01.